The molecule has 2 nitrogen and oxygen atoms in total. The van der Waals surface area contributed by atoms with Crippen LogP contribution in [0.5, 0.6) is 0 Å². The first-order valence-corrected chi connectivity index (χ1v) is 7.74. The summed E-state index contributed by atoms with van der Waals surface area (Å²) < 4.78 is 21.6. The molecule has 0 radical (unpaired) electrons. The molecule has 4 heteroatoms. The molecule has 0 atom stereocenters. The van der Waals surface area contributed by atoms with Crippen LogP contribution in [0.3, 0.4) is 0 Å². The highest BCUT2D eigenvalue weighted by molar-refractivity contribution is 8.13. The molecule has 0 saturated heterocycles. The van der Waals surface area contributed by atoms with Crippen LogP contribution in [0.15, 0.2) is 59.5 Å². The van der Waals surface area contributed by atoms with Crippen LogP contribution in [0.25, 0.3) is 0 Å². The van der Waals surface area contributed by atoms with Gasteiger partial charge in [0.05, 0.1) is 4.90 Å². The Kier molecular flexibility index (Phi) is 5.38. The zero-order chi connectivity index (χ0) is 13.6. The van der Waals surface area contributed by atoms with Crippen LogP contribution in [-0.2, 0) is 9.05 Å². The molecule has 96 valence electrons. The van der Waals surface area contributed by atoms with Crippen molar-refractivity contribution in [3.05, 3.63) is 65.7 Å². The number of rotatable bonds is 1. The van der Waals surface area contributed by atoms with E-state index >= 15 is 0 Å². The van der Waals surface area contributed by atoms with Gasteiger partial charge in [0.25, 0.3) is 9.05 Å². The van der Waals surface area contributed by atoms with Gasteiger partial charge in [-0.25, -0.2) is 8.42 Å². The van der Waals surface area contributed by atoms with Crippen LogP contribution in [-0.4, -0.2) is 8.42 Å². The predicted molar refractivity (Wildman–Crippen MR) is 75.4 cm³/mol. The third-order valence-corrected chi connectivity index (χ3v) is 3.78. The van der Waals surface area contributed by atoms with Crippen LogP contribution < -0.4 is 0 Å². The highest BCUT2D eigenvalue weighted by atomic mass is 35.7. The van der Waals surface area contributed by atoms with Crippen molar-refractivity contribution in [2.24, 2.45) is 0 Å². The maximum atomic E-state index is 10.8. The molecule has 0 aromatic heterocycles. The first kappa shape index (κ1) is 14.7. The van der Waals surface area contributed by atoms with Crippen LogP contribution in [0.4, 0.5) is 0 Å². The van der Waals surface area contributed by atoms with Gasteiger partial charge in [0.2, 0.25) is 0 Å². The lowest BCUT2D eigenvalue weighted by Crippen LogP contribution is -1.92. The summed E-state index contributed by atoms with van der Waals surface area (Å²) in [6.45, 7) is 3.79. The molecule has 0 bridgehead atoms. The minimum absolute atomic E-state index is 0.182. The van der Waals surface area contributed by atoms with Gasteiger partial charge < -0.3 is 0 Å². The zero-order valence-electron chi connectivity index (χ0n) is 10.3. The lowest BCUT2D eigenvalue weighted by Gasteiger charge is -1.98. The van der Waals surface area contributed by atoms with Gasteiger partial charge in [-0.05, 0) is 25.5 Å². The minimum Gasteiger partial charge on any atom is -0.207 e. The Morgan fingerprint density at radius 2 is 1.33 bits per heavy atom. The van der Waals surface area contributed by atoms with Gasteiger partial charge in [-0.15, -0.1) is 0 Å². The summed E-state index contributed by atoms with van der Waals surface area (Å²) in [5.74, 6) is 0. The van der Waals surface area contributed by atoms with E-state index in [9.17, 15) is 8.42 Å². The second-order valence-electron chi connectivity index (χ2n) is 3.86. The monoisotopic (exact) mass is 282 g/mol. The number of benzene rings is 2. The zero-order valence-corrected chi connectivity index (χ0v) is 11.9. The molecule has 0 saturated carbocycles. The molecule has 0 spiro atoms. The fourth-order valence-electron chi connectivity index (χ4n) is 1.36. The standard InChI is InChI=1S/C7H7ClO2S.C7H8/c1-6-4-2-3-5-7(6)11(8,9)10;1-7-5-3-2-4-6-7/h2-5H,1H3;2-6H,1H3. The fourth-order valence-corrected chi connectivity index (χ4v) is 2.58. The van der Waals surface area contributed by atoms with E-state index in [1.54, 1.807) is 25.1 Å². The summed E-state index contributed by atoms with van der Waals surface area (Å²) in [6, 6.07) is 16.9. The normalized spacial score (nSPS) is 10.4. The average Bonchev–Trinajstić information content (AvgIpc) is 2.30. The van der Waals surface area contributed by atoms with E-state index in [1.807, 2.05) is 18.2 Å². The lowest BCUT2D eigenvalue weighted by atomic mass is 10.2. The fraction of sp³-hybridized carbons (Fsp3) is 0.143. The number of halogens is 1. The van der Waals surface area contributed by atoms with Crippen molar-refractivity contribution in [2.75, 3.05) is 0 Å². The Hall–Kier alpha value is -1.32. The number of hydrogen-bond acceptors (Lipinski definition) is 2. The largest absolute Gasteiger partial charge is 0.261 e. The SMILES string of the molecule is Cc1ccccc1.Cc1ccccc1S(=O)(=O)Cl. The van der Waals surface area contributed by atoms with Crippen molar-refractivity contribution in [3.63, 3.8) is 0 Å². The second-order valence-corrected chi connectivity index (χ2v) is 6.39. The van der Waals surface area contributed by atoms with Gasteiger partial charge >= 0.3 is 0 Å². The molecular formula is C14H15ClO2S. The van der Waals surface area contributed by atoms with Gasteiger partial charge in [0.1, 0.15) is 0 Å². The first-order chi connectivity index (χ1) is 8.41. The van der Waals surface area contributed by atoms with E-state index in [0.29, 0.717) is 5.56 Å². The van der Waals surface area contributed by atoms with E-state index in [-0.39, 0.29) is 4.90 Å². The third kappa shape index (κ3) is 4.90. The molecular weight excluding hydrogens is 268 g/mol. The number of aryl methyl sites for hydroxylation is 2. The third-order valence-electron chi connectivity index (χ3n) is 2.30. The molecule has 0 aliphatic heterocycles. The summed E-state index contributed by atoms with van der Waals surface area (Å²) in [4.78, 5) is 0.182. The van der Waals surface area contributed by atoms with Crippen molar-refractivity contribution in [1.29, 1.82) is 0 Å². The van der Waals surface area contributed by atoms with Crippen LogP contribution in [0.2, 0.25) is 0 Å². The van der Waals surface area contributed by atoms with Crippen molar-refractivity contribution in [2.45, 2.75) is 18.7 Å². The quantitative estimate of drug-likeness (QED) is 0.743. The lowest BCUT2D eigenvalue weighted by molar-refractivity contribution is 0.609. The highest BCUT2D eigenvalue weighted by Gasteiger charge is 2.10. The Balaban J connectivity index is 0.000000199. The molecule has 0 amide bonds. The molecule has 0 aliphatic carbocycles. The molecule has 0 unspecified atom stereocenters. The van der Waals surface area contributed by atoms with Crippen LogP contribution >= 0.6 is 10.7 Å². The Morgan fingerprint density at radius 1 is 0.833 bits per heavy atom. The molecule has 0 N–H and O–H groups in total. The predicted octanol–water partition coefficient (Wildman–Crippen LogP) is 3.92. The molecule has 18 heavy (non-hydrogen) atoms. The smallest absolute Gasteiger partial charge is 0.207 e. The Bertz CT molecular complexity index is 592. The van der Waals surface area contributed by atoms with E-state index in [2.05, 4.69) is 19.1 Å². The summed E-state index contributed by atoms with van der Waals surface area (Å²) in [7, 11) is 1.57. The minimum atomic E-state index is -3.56. The highest BCUT2D eigenvalue weighted by Crippen LogP contribution is 2.17. The number of hydrogen-bond donors (Lipinski definition) is 0. The van der Waals surface area contributed by atoms with Gasteiger partial charge in [-0.2, -0.15) is 0 Å². The van der Waals surface area contributed by atoms with Gasteiger partial charge in [0.15, 0.2) is 0 Å². The molecule has 0 heterocycles. The summed E-state index contributed by atoms with van der Waals surface area (Å²) in [5, 5.41) is 0. The van der Waals surface area contributed by atoms with Crippen LogP contribution in [0, 0.1) is 13.8 Å². The maximum absolute atomic E-state index is 10.8. The van der Waals surface area contributed by atoms with Crippen molar-refractivity contribution >= 4 is 19.7 Å². The average molecular weight is 283 g/mol. The maximum Gasteiger partial charge on any atom is 0.261 e. The molecule has 2 aromatic carbocycles. The van der Waals surface area contributed by atoms with E-state index in [4.69, 9.17) is 10.7 Å². The molecule has 2 aromatic rings. The summed E-state index contributed by atoms with van der Waals surface area (Å²) >= 11 is 0. The van der Waals surface area contributed by atoms with Gasteiger partial charge in [-0.1, -0.05) is 54.1 Å². The van der Waals surface area contributed by atoms with E-state index in [0.717, 1.165) is 0 Å². The summed E-state index contributed by atoms with van der Waals surface area (Å²) in [6.07, 6.45) is 0. The first-order valence-electron chi connectivity index (χ1n) is 5.43. The Labute approximate surface area is 113 Å². The van der Waals surface area contributed by atoms with Crippen molar-refractivity contribution in [1.82, 2.24) is 0 Å². The van der Waals surface area contributed by atoms with Gasteiger partial charge in [-0.3, -0.25) is 0 Å². The molecule has 0 fully saturated rings. The van der Waals surface area contributed by atoms with E-state index in [1.165, 1.54) is 11.6 Å². The van der Waals surface area contributed by atoms with E-state index < -0.39 is 9.05 Å². The summed E-state index contributed by atoms with van der Waals surface area (Å²) in [5.41, 5.74) is 1.99. The second kappa shape index (κ2) is 6.57. The van der Waals surface area contributed by atoms with Crippen molar-refractivity contribution < 1.29 is 8.42 Å². The topological polar surface area (TPSA) is 34.1 Å². The molecule has 0 aliphatic rings. The Morgan fingerprint density at radius 3 is 1.67 bits per heavy atom. The van der Waals surface area contributed by atoms with Gasteiger partial charge in [0, 0.05) is 10.7 Å². The molecule has 2 rings (SSSR count). The van der Waals surface area contributed by atoms with Crippen LogP contribution in [0.1, 0.15) is 11.1 Å². The van der Waals surface area contributed by atoms with Crippen molar-refractivity contribution in [3.8, 4) is 0 Å².